The SMILES string of the molecule is CCOC(=O)N1CCN(c2ncnc(N(Cc3ccccc3)c3ccccn3)c2N)CC1. The molecule has 9 nitrogen and oxygen atoms in total. The van der Waals surface area contributed by atoms with Gasteiger partial charge in [0, 0.05) is 32.4 Å². The van der Waals surface area contributed by atoms with Crippen molar-refractivity contribution in [3.63, 3.8) is 0 Å². The Hall–Kier alpha value is -3.88. The summed E-state index contributed by atoms with van der Waals surface area (Å²) < 4.78 is 5.11. The molecule has 2 aromatic heterocycles. The summed E-state index contributed by atoms with van der Waals surface area (Å²) in [7, 11) is 0. The summed E-state index contributed by atoms with van der Waals surface area (Å²) in [6, 6.07) is 15.9. The van der Waals surface area contributed by atoms with Crippen molar-refractivity contribution in [1.29, 1.82) is 0 Å². The molecule has 0 unspecified atom stereocenters. The van der Waals surface area contributed by atoms with E-state index in [1.165, 1.54) is 6.33 Å². The van der Waals surface area contributed by atoms with Gasteiger partial charge in [0.05, 0.1) is 13.2 Å². The summed E-state index contributed by atoms with van der Waals surface area (Å²) in [6.45, 7) is 5.06. The number of amides is 1. The summed E-state index contributed by atoms with van der Waals surface area (Å²) in [5, 5.41) is 0. The van der Waals surface area contributed by atoms with E-state index in [0.29, 0.717) is 56.7 Å². The Morgan fingerprint density at radius 1 is 1.03 bits per heavy atom. The van der Waals surface area contributed by atoms with Crippen LogP contribution in [-0.2, 0) is 11.3 Å². The minimum atomic E-state index is -0.285. The van der Waals surface area contributed by atoms with E-state index in [4.69, 9.17) is 10.5 Å². The van der Waals surface area contributed by atoms with E-state index < -0.39 is 0 Å². The summed E-state index contributed by atoms with van der Waals surface area (Å²) in [5.74, 6) is 2.01. The van der Waals surface area contributed by atoms with E-state index in [1.807, 2.05) is 41.3 Å². The number of nitrogens with two attached hydrogens (primary N) is 1. The third-order valence-electron chi connectivity index (χ3n) is 5.31. The average Bonchev–Trinajstić information content (AvgIpc) is 2.84. The number of aromatic nitrogens is 3. The fourth-order valence-corrected chi connectivity index (χ4v) is 3.70. The van der Waals surface area contributed by atoms with E-state index >= 15 is 0 Å². The molecule has 166 valence electrons. The fourth-order valence-electron chi connectivity index (χ4n) is 3.70. The van der Waals surface area contributed by atoms with E-state index in [9.17, 15) is 4.79 Å². The van der Waals surface area contributed by atoms with Crippen molar-refractivity contribution in [3.8, 4) is 0 Å². The van der Waals surface area contributed by atoms with Crippen LogP contribution in [0.5, 0.6) is 0 Å². The molecule has 0 radical (unpaired) electrons. The van der Waals surface area contributed by atoms with Gasteiger partial charge in [-0.05, 0) is 24.6 Å². The molecule has 0 bridgehead atoms. The number of ether oxygens (including phenoxy) is 1. The van der Waals surface area contributed by atoms with E-state index in [2.05, 4.69) is 32.0 Å². The first-order valence-electron chi connectivity index (χ1n) is 10.7. The van der Waals surface area contributed by atoms with Crippen molar-refractivity contribution < 1.29 is 9.53 Å². The molecule has 1 aliphatic rings. The lowest BCUT2D eigenvalue weighted by molar-refractivity contribution is 0.105. The molecule has 0 spiro atoms. The second-order valence-electron chi connectivity index (χ2n) is 7.37. The highest BCUT2D eigenvalue weighted by Crippen LogP contribution is 2.34. The summed E-state index contributed by atoms with van der Waals surface area (Å²) in [6.07, 6.45) is 2.99. The van der Waals surface area contributed by atoms with Crippen LogP contribution in [-0.4, -0.2) is 58.7 Å². The highest BCUT2D eigenvalue weighted by molar-refractivity contribution is 5.79. The molecule has 3 heterocycles. The standard InChI is InChI=1S/C23H27N7O2/c1-2-32-23(31)29-14-12-28(13-15-29)21-20(24)22(27-17-26-21)30(19-10-6-7-11-25-19)16-18-8-4-3-5-9-18/h3-11,17H,2,12-16,24H2,1H3. The lowest BCUT2D eigenvalue weighted by atomic mass is 10.2. The number of carbonyl (C=O) groups is 1. The number of carbonyl (C=O) groups excluding carboxylic acids is 1. The van der Waals surface area contributed by atoms with Gasteiger partial charge in [-0.15, -0.1) is 0 Å². The van der Waals surface area contributed by atoms with Gasteiger partial charge in [0.2, 0.25) is 0 Å². The number of nitrogen functional groups attached to an aromatic ring is 1. The lowest BCUT2D eigenvalue weighted by Crippen LogP contribution is -2.49. The summed E-state index contributed by atoms with van der Waals surface area (Å²) >= 11 is 0. The first kappa shape index (κ1) is 21.4. The van der Waals surface area contributed by atoms with Crippen LogP contribution in [0.25, 0.3) is 0 Å². The van der Waals surface area contributed by atoms with Crippen LogP contribution in [0.1, 0.15) is 12.5 Å². The second-order valence-corrected chi connectivity index (χ2v) is 7.37. The molecule has 4 rings (SSSR count). The van der Waals surface area contributed by atoms with Gasteiger partial charge in [-0.25, -0.2) is 19.7 Å². The molecule has 2 N–H and O–H groups in total. The van der Waals surface area contributed by atoms with Crippen LogP contribution in [0.4, 0.5) is 27.9 Å². The van der Waals surface area contributed by atoms with Crippen molar-refractivity contribution >= 4 is 29.2 Å². The van der Waals surface area contributed by atoms with Gasteiger partial charge in [-0.1, -0.05) is 36.4 Å². The van der Waals surface area contributed by atoms with Crippen LogP contribution < -0.4 is 15.5 Å². The molecule has 0 aliphatic carbocycles. The monoisotopic (exact) mass is 433 g/mol. The smallest absolute Gasteiger partial charge is 0.409 e. The summed E-state index contributed by atoms with van der Waals surface area (Å²) in [5.41, 5.74) is 8.20. The van der Waals surface area contributed by atoms with E-state index in [0.717, 1.165) is 11.4 Å². The van der Waals surface area contributed by atoms with Crippen LogP contribution in [0, 0.1) is 0 Å². The Balaban J connectivity index is 1.60. The van der Waals surface area contributed by atoms with Crippen LogP contribution >= 0.6 is 0 Å². The number of pyridine rings is 1. The zero-order valence-corrected chi connectivity index (χ0v) is 18.1. The molecule has 1 fully saturated rings. The van der Waals surface area contributed by atoms with Crippen LogP contribution in [0.15, 0.2) is 61.1 Å². The molecule has 9 heteroatoms. The first-order chi connectivity index (χ1) is 15.7. The number of benzene rings is 1. The number of hydrogen-bond donors (Lipinski definition) is 1. The van der Waals surface area contributed by atoms with Gasteiger partial charge in [0.15, 0.2) is 11.6 Å². The van der Waals surface area contributed by atoms with Gasteiger partial charge in [0.25, 0.3) is 0 Å². The largest absolute Gasteiger partial charge is 0.450 e. The first-order valence-corrected chi connectivity index (χ1v) is 10.7. The minimum absolute atomic E-state index is 0.285. The predicted octanol–water partition coefficient (Wildman–Crippen LogP) is 3.07. The molecular weight excluding hydrogens is 406 g/mol. The molecule has 1 amide bonds. The van der Waals surface area contributed by atoms with Crippen LogP contribution in [0.2, 0.25) is 0 Å². The number of rotatable bonds is 6. The van der Waals surface area contributed by atoms with Crippen molar-refractivity contribution in [1.82, 2.24) is 19.9 Å². The predicted molar refractivity (Wildman–Crippen MR) is 124 cm³/mol. The van der Waals surface area contributed by atoms with Crippen molar-refractivity contribution in [2.75, 3.05) is 48.3 Å². The molecule has 0 saturated carbocycles. The molecule has 32 heavy (non-hydrogen) atoms. The third-order valence-corrected chi connectivity index (χ3v) is 5.31. The van der Waals surface area contributed by atoms with Crippen molar-refractivity contribution in [2.24, 2.45) is 0 Å². The Kier molecular flexibility index (Phi) is 6.64. The highest BCUT2D eigenvalue weighted by atomic mass is 16.6. The Bertz CT molecular complexity index is 1030. The van der Waals surface area contributed by atoms with Crippen molar-refractivity contribution in [2.45, 2.75) is 13.5 Å². The fraction of sp³-hybridized carbons (Fsp3) is 0.304. The van der Waals surface area contributed by atoms with Gasteiger partial charge < -0.3 is 25.2 Å². The zero-order valence-electron chi connectivity index (χ0n) is 18.1. The Morgan fingerprint density at radius 2 is 1.78 bits per heavy atom. The lowest BCUT2D eigenvalue weighted by Gasteiger charge is -2.35. The topological polar surface area (TPSA) is 101 Å². The molecule has 3 aromatic rings. The van der Waals surface area contributed by atoms with Gasteiger partial charge in [0.1, 0.15) is 17.8 Å². The molecule has 1 aromatic carbocycles. The molecule has 0 atom stereocenters. The molecular formula is C23H27N7O2. The van der Waals surface area contributed by atoms with Gasteiger partial charge in [-0.2, -0.15) is 0 Å². The third kappa shape index (κ3) is 4.72. The van der Waals surface area contributed by atoms with Crippen LogP contribution in [0.3, 0.4) is 0 Å². The maximum Gasteiger partial charge on any atom is 0.409 e. The minimum Gasteiger partial charge on any atom is -0.450 e. The summed E-state index contributed by atoms with van der Waals surface area (Å²) in [4.78, 5) is 31.3. The quantitative estimate of drug-likeness (QED) is 0.633. The maximum absolute atomic E-state index is 12.0. The second kappa shape index (κ2) is 9.95. The Morgan fingerprint density at radius 3 is 2.47 bits per heavy atom. The highest BCUT2D eigenvalue weighted by Gasteiger charge is 2.26. The maximum atomic E-state index is 12.0. The average molecular weight is 434 g/mol. The zero-order chi connectivity index (χ0) is 22.3. The number of hydrogen-bond acceptors (Lipinski definition) is 8. The van der Waals surface area contributed by atoms with Crippen molar-refractivity contribution in [3.05, 3.63) is 66.6 Å². The number of anilines is 4. The number of nitrogens with zero attached hydrogens (tertiary/aromatic N) is 6. The van der Waals surface area contributed by atoms with E-state index in [-0.39, 0.29) is 6.09 Å². The van der Waals surface area contributed by atoms with Gasteiger partial charge in [-0.3, -0.25) is 0 Å². The number of piperazine rings is 1. The Labute approximate surface area is 187 Å². The molecule has 1 saturated heterocycles. The van der Waals surface area contributed by atoms with Gasteiger partial charge >= 0.3 is 6.09 Å². The molecule has 1 aliphatic heterocycles. The van der Waals surface area contributed by atoms with E-state index in [1.54, 1.807) is 18.0 Å². The normalized spacial score (nSPS) is 13.7.